The van der Waals surface area contributed by atoms with Crippen LogP contribution in [-0.2, 0) is 15.4 Å². The van der Waals surface area contributed by atoms with Crippen molar-refractivity contribution < 1.29 is 8.63 Å². The number of halogens is 1. The van der Waals surface area contributed by atoms with E-state index in [0.717, 1.165) is 10.0 Å². The van der Waals surface area contributed by atoms with Crippen LogP contribution in [0.3, 0.4) is 0 Å². The summed E-state index contributed by atoms with van der Waals surface area (Å²) in [6.07, 6.45) is 6.34. The highest BCUT2D eigenvalue weighted by Crippen LogP contribution is 2.37. The van der Waals surface area contributed by atoms with Crippen LogP contribution in [0.5, 0.6) is 0 Å². The fourth-order valence-electron chi connectivity index (χ4n) is 4.83. The summed E-state index contributed by atoms with van der Waals surface area (Å²) in [6, 6.07) is 28.7. The molecular weight excluding hydrogens is 594 g/mol. The van der Waals surface area contributed by atoms with Crippen molar-refractivity contribution in [1.82, 2.24) is 4.31 Å². The van der Waals surface area contributed by atoms with E-state index in [-0.39, 0.29) is 17.6 Å². The van der Waals surface area contributed by atoms with Crippen molar-refractivity contribution >= 4 is 45.6 Å². The maximum atomic E-state index is 13.7. The van der Waals surface area contributed by atoms with E-state index in [1.165, 1.54) is 10.4 Å². The lowest BCUT2D eigenvalue weighted by molar-refractivity contribution is 0.262. The van der Waals surface area contributed by atoms with Crippen molar-refractivity contribution in [2.75, 3.05) is 13.2 Å². The van der Waals surface area contributed by atoms with Crippen molar-refractivity contribution in [3.8, 4) is 24.2 Å². The minimum absolute atomic E-state index is 0.139. The van der Waals surface area contributed by atoms with E-state index < -0.39 is 24.1 Å². The largest absolute Gasteiger partial charge is 0.407 e. The SMILES string of the molecule is C#CCN([C@@H](C#Cc1cccc(Br)c1)CCO[Si](c1ccccc1)(c1ccccc1)C(C)(C)C)[S@](=O)C(C)(C)C. The molecular formula is C34H40BrNO2SSi. The van der Waals surface area contributed by atoms with E-state index in [1.54, 1.807) is 0 Å². The van der Waals surface area contributed by atoms with Crippen molar-refractivity contribution in [3.63, 3.8) is 0 Å². The molecule has 0 radical (unpaired) electrons. The second-order valence-electron chi connectivity index (χ2n) is 11.7. The van der Waals surface area contributed by atoms with Gasteiger partial charge in [0.1, 0.15) is 11.0 Å². The maximum Gasteiger partial charge on any atom is 0.261 e. The molecule has 0 aliphatic rings. The van der Waals surface area contributed by atoms with E-state index >= 15 is 0 Å². The van der Waals surface area contributed by atoms with Crippen molar-refractivity contribution in [2.24, 2.45) is 0 Å². The number of hydrogen-bond acceptors (Lipinski definition) is 2. The lowest BCUT2D eigenvalue weighted by atomic mass is 10.1. The highest BCUT2D eigenvalue weighted by molar-refractivity contribution is 9.10. The molecule has 210 valence electrons. The minimum atomic E-state index is -2.72. The maximum absolute atomic E-state index is 13.7. The molecule has 0 fully saturated rings. The molecule has 0 N–H and O–H groups in total. The van der Waals surface area contributed by atoms with Gasteiger partial charge in [-0.3, -0.25) is 0 Å². The van der Waals surface area contributed by atoms with Gasteiger partial charge in [0.15, 0.2) is 0 Å². The van der Waals surface area contributed by atoms with Crippen LogP contribution < -0.4 is 10.4 Å². The number of terminal acetylenes is 1. The second-order valence-corrected chi connectivity index (χ2v) is 19.2. The molecule has 0 aliphatic heterocycles. The first kappa shape index (κ1) is 32.1. The van der Waals surface area contributed by atoms with Crippen LogP contribution in [-0.4, -0.2) is 40.8 Å². The van der Waals surface area contributed by atoms with Gasteiger partial charge in [0, 0.05) is 16.6 Å². The highest BCUT2D eigenvalue weighted by Gasteiger charge is 2.50. The summed E-state index contributed by atoms with van der Waals surface area (Å²) in [7, 11) is -4.06. The molecule has 0 saturated heterocycles. The fourth-order valence-corrected chi connectivity index (χ4v) is 11.1. The van der Waals surface area contributed by atoms with Gasteiger partial charge < -0.3 is 4.43 Å². The molecule has 0 spiro atoms. The van der Waals surface area contributed by atoms with Crippen LogP contribution in [0.25, 0.3) is 0 Å². The van der Waals surface area contributed by atoms with Crippen molar-refractivity contribution in [1.29, 1.82) is 0 Å². The molecule has 0 aromatic heterocycles. The number of rotatable bonds is 9. The highest BCUT2D eigenvalue weighted by atomic mass is 79.9. The fraction of sp³-hybridized carbons (Fsp3) is 0.353. The lowest BCUT2D eigenvalue weighted by Gasteiger charge is -2.43. The van der Waals surface area contributed by atoms with Crippen molar-refractivity contribution in [2.45, 2.75) is 63.8 Å². The molecule has 3 aromatic carbocycles. The Kier molecular flexibility index (Phi) is 11.2. The van der Waals surface area contributed by atoms with Crippen LogP contribution in [0.15, 0.2) is 89.4 Å². The molecule has 0 aliphatic carbocycles. The van der Waals surface area contributed by atoms with Crippen LogP contribution in [0, 0.1) is 24.2 Å². The Labute approximate surface area is 253 Å². The normalized spacial score (nSPS) is 13.7. The summed E-state index contributed by atoms with van der Waals surface area (Å²) in [5, 5.41) is 2.31. The Hall–Kier alpha value is -2.45. The van der Waals surface area contributed by atoms with Gasteiger partial charge in [-0.25, -0.2) is 4.21 Å². The second kappa shape index (κ2) is 13.9. The molecule has 6 heteroatoms. The zero-order chi connectivity index (χ0) is 29.4. The number of benzene rings is 3. The predicted molar refractivity (Wildman–Crippen MR) is 176 cm³/mol. The first-order chi connectivity index (χ1) is 18.9. The average Bonchev–Trinajstić information content (AvgIpc) is 2.91. The first-order valence-electron chi connectivity index (χ1n) is 13.5. The molecule has 0 amide bonds. The molecule has 40 heavy (non-hydrogen) atoms. The monoisotopic (exact) mass is 633 g/mol. The Morgan fingerprint density at radius 1 is 0.925 bits per heavy atom. The van der Waals surface area contributed by atoms with Gasteiger partial charge >= 0.3 is 0 Å². The zero-order valence-electron chi connectivity index (χ0n) is 24.4. The summed E-state index contributed by atoms with van der Waals surface area (Å²) >= 11 is 3.53. The summed E-state index contributed by atoms with van der Waals surface area (Å²) < 4.78 is 23.1. The lowest BCUT2D eigenvalue weighted by Crippen LogP contribution is -2.66. The third kappa shape index (κ3) is 7.84. The minimum Gasteiger partial charge on any atom is -0.407 e. The Morgan fingerprint density at radius 2 is 1.50 bits per heavy atom. The Balaban J connectivity index is 2.04. The van der Waals surface area contributed by atoms with Gasteiger partial charge in [0.25, 0.3) is 8.32 Å². The van der Waals surface area contributed by atoms with Crippen LogP contribution >= 0.6 is 15.9 Å². The quantitative estimate of drug-likeness (QED) is 0.198. The third-order valence-corrected chi connectivity index (χ3v) is 14.1. The third-order valence-electron chi connectivity index (χ3n) is 6.67. The summed E-state index contributed by atoms with van der Waals surface area (Å²) in [5.41, 5.74) is 0.884. The van der Waals surface area contributed by atoms with Crippen LogP contribution in [0.1, 0.15) is 53.5 Å². The van der Waals surface area contributed by atoms with E-state index in [0.29, 0.717) is 13.0 Å². The molecule has 3 nitrogen and oxygen atoms in total. The molecule has 0 saturated carbocycles. The van der Waals surface area contributed by atoms with Crippen LogP contribution in [0.4, 0.5) is 0 Å². The summed E-state index contributed by atoms with van der Waals surface area (Å²) in [5.74, 6) is 9.43. The zero-order valence-corrected chi connectivity index (χ0v) is 27.8. The van der Waals surface area contributed by atoms with Crippen molar-refractivity contribution in [3.05, 3.63) is 95.0 Å². The van der Waals surface area contributed by atoms with Crippen LogP contribution in [0.2, 0.25) is 5.04 Å². The van der Waals surface area contributed by atoms with E-state index in [9.17, 15) is 4.21 Å². The first-order valence-corrected chi connectivity index (χ1v) is 17.3. The smallest absolute Gasteiger partial charge is 0.261 e. The molecule has 0 bridgehead atoms. The molecule has 0 unspecified atom stereocenters. The number of hydrogen-bond donors (Lipinski definition) is 0. The van der Waals surface area contributed by atoms with Gasteiger partial charge in [-0.2, -0.15) is 4.31 Å². The van der Waals surface area contributed by atoms with E-state index in [2.05, 4.69) is 103 Å². The van der Waals surface area contributed by atoms with Gasteiger partial charge in [-0.1, -0.05) is 121 Å². The topological polar surface area (TPSA) is 29.5 Å². The molecule has 0 heterocycles. The van der Waals surface area contributed by atoms with Gasteiger partial charge in [0.05, 0.1) is 17.3 Å². The molecule has 2 atom stereocenters. The average molecular weight is 635 g/mol. The molecule has 3 aromatic rings. The van der Waals surface area contributed by atoms with Gasteiger partial charge in [-0.05, 0) is 60.8 Å². The summed E-state index contributed by atoms with van der Waals surface area (Å²) in [6.45, 7) is 13.4. The molecule has 3 rings (SSSR count). The van der Waals surface area contributed by atoms with Gasteiger partial charge in [0.2, 0.25) is 0 Å². The van der Waals surface area contributed by atoms with E-state index in [1.807, 2.05) is 61.5 Å². The Morgan fingerprint density at radius 3 is 1.98 bits per heavy atom. The van der Waals surface area contributed by atoms with E-state index in [4.69, 9.17) is 10.8 Å². The summed E-state index contributed by atoms with van der Waals surface area (Å²) in [4.78, 5) is 0. The Bertz CT molecular complexity index is 1340. The standard InChI is InChI=1S/C34H40BrNO2SSi/c1-8-25-36(39(37)33(2,3)4)30(23-22-28-16-15-17-29(35)27-28)24-26-38-40(34(5,6)7,31-18-11-9-12-19-31)32-20-13-10-14-21-32/h1,9-21,27,30H,24-26H2,2-7H3/t30-,39+/m0/s1. The number of nitrogens with zero attached hydrogens (tertiary/aromatic N) is 1. The predicted octanol–water partition coefficient (Wildman–Crippen LogP) is 6.53. The van der Waals surface area contributed by atoms with Gasteiger partial charge in [-0.15, -0.1) is 6.42 Å².